The van der Waals surface area contributed by atoms with Crippen molar-refractivity contribution in [1.29, 1.82) is 0 Å². The van der Waals surface area contributed by atoms with Crippen molar-refractivity contribution in [2.45, 2.75) is 25.3 Å². The minimum Gasteiger partial charge on any atom is -0.480 e. The van der Waals surface area contributed by atoms with Gasteiger partial charge in [-0.05, 0) is 37.8 Å². The average molecular weight is 285 g/mol. The molecular formula is C12H13ClN2O4. The van der Waals surface area contributed by atoms with Crippen molar-refractivity contribution in [1.82, 2.24) is 0 Å². The average Bonchev–Trinajstić information content (AvgIpc) is 3.15. The third kappa shape index (κ3) is 2.63. The van der Waals surface area contributed by atoms with Crippen LogP contribution in [0, 0.1) is 16.0 Å². The fraction of sp³-hybridized carbons (Fsp3) is 0.417. The van der Waals surface area contributed by atoms with Gasteiger partial charge in [-0.3, -0.25) is 10.1 Å². The summed E-state index contributed by atoms with van der Waals surface area (Å²) in [6.07, 6.45) is 1.61. The number of benzene rings is 1. The molecule has 1 atom stereocenters. The summed E-state index contributed by atoms with van der Waals surface area (Å²) in [5.74, 6) is -1.03. The van der Waals surface area contributed by atoms with E-state index in [2.05, 4.69) is 5.32 Å². The van der Waals surface area contributed by atoms with Crippen molar-refractivity contribution in [2.75, 3.05) is 5.32 Å². The molecule has 7 heteroatoms. The second kappa shape index (κ2) is 4.70. The van der Waals surface area contributed by atoms with Crippen LogP contribution >= 0.6 is 11.6 Å². The Hall–Kier alpha value is -1.82. The number of anilines is 1. The monoisotopic (exact) mass is 284 g/mol. The Bertz CT molecular complexity index is 545. The van der Waals surface area contributed by atoms with Gasteiger partial charge < -0.3 is 10.4 Å². The van der Waals surface area contributed by atoms with Crippen LogP contribution < -0.4 is 5.32 Å². The molecule has 0 aliphatic heterocycles. The van der Waals surface area contributed by atoms with Gasteiger partial charge in [0, 0.05) is 11.1 Å². The number of rotatable bonds is 5. The Morgan fingerprint density at radius 1 is 1.58 bits per heavy atom. The molecule has 2 rings (SSSR count). The molecule has 0 bridgehead atoms. The first-order chi connectivity index (χ1) is 8.84. The maximum Gasteiger partial charge on any atom is 0.329 e. The number of nitrogens with zero attached hydrogens (tertiary/aromatic N) is 1. The summed E-state index contributed by atoms with van der Waals surface area (Å²) < 4.78 is 0. The quantitative estimate of drug-likeness (QED) is 0.640. The molecule has 1 aliphatic rings. The molecule has 0 saturated heterocycles. The number of nitrogens with one attached hydrogen (secondary N) is 1. The summed E-state index contributed by atoms with van der Waals surface area (Å²) in [6.45, 7) is 1.55. The second-order valence-electron chi connectivity index (χ2n) is 4.83. The molecule has 0 heterocycles. The molecule has 19 heavy (non-hydrogen) atoms. The number of carboxylic acids is 1. The summed E-state index contributed by atoms with van der Waals surface area (Å²) in [5.41, 5.74) is -1.25. The number of hydrogen-bond donors (Lipinski definition) is 2. The van der Waals surface area contributed by atoms with Gasteiger partial charge in [0.2, 0.25) is 0 Å². The molecular weight excluding hydrogens is 272 g/mol. The lowest BCUT2D eigenvalue weighted by Gasteiger charge is -2.27. The normalized spacial score (nSPS) is 17.6. The van der Waals surface area contributed by atoms with Gasteiger partial charge in [-0.2, -0.15) is 0 Å². The molecule has 1 unspecified atom stereocenters. The van der Waals surface area contributed by atoms with E-state index >= 15 is 0 Å². The van der Waals surface area contributed by atoms with Crippen molar-refractivity contribution >= 4 is 28.9 Å². The lowest BCUT2D eigenvalue weighted by molar-refractivity contribution is -0.384. The van der Waals surface area contributed by atoms with E-state index in [9.17, 15) is 20.0 Å². The first-order valence-electron chi connectivity index (χ1n) is 5.80. The van der Waals surface area contributed by atoms with E-state index in [1.54, 1.807) is 6.92 Å². The van der Waals surface area contributed by atoms with Crippen molar-refractivity contribution in [3.05, 3.63) is 33.3 Å². The van der Waals surface area contributed by atoms with Gasteiger partial charge in [0.25, 0.3) is 5.69 Å². The molecule has 1 aromatic carbocycles. The van der Waals surface area contributed by atoms with Crippen molar-refractivity contribution in [2.24, 2.45) is 5.92 Å². The molecule has 0 amide bonds. The van der Waals surface area contributed by atoms with E-state index in [4.69, 9.17) is 11.6 Å². The molecule has 0 spiro atoms. The molecule has 6 nitrogen and oxygen atoms in total. The van der Waals surface area contributed by atoms with Crippen molar-refractivity contribution in [3.63, 3.8) is 0 Å². The fourth-order valence-corrected chi connectivity index (χ4v) is 2.20. The summed E-state index contributed by atoms with van der Waals surface area (Å²) in [5, 5.41) is 23.3. The van der Waals surface area contributed by atoms with E-state index in [-0.39, 0.29) is 22.3 Å². The number of carbonyl (C=O) groups is 1. The number of hydrogen-bond acceptors (Lipinski definition) is 4. The van der Waals surface area contributed by atoms with Crippen LogP contribution in [0.25, 0.3) is 0 Å². The predicted octanol–water partition coefficient (Wildman–Crippen LogP) is 2.91. The second-order valence-corrected chi connectivity index (χ2v) is 5.26. The minimum atomic E-state index is -1.20. The maximum absolute atomic E-state index is 11.4. The van der Waals surface area contributed by atoms with Gasteiger partial charge in [0.1, 0.15) is 11.2 Å². The van der Waals surface area contributed by atoms with Gasteiger partial charge in [-0.1, -0.05) is 11.6 Å². The molecule has 0 aromatic heterocycles. The zero-order chi connectivity index (χ0) is 14.2. The molecule has 0 radical (unpaired) electrons. The topological polar surface area (TPSA) is 92.5 Å². The fourth-order valence-electron chi connectivity index (χ4n) is 2.03. The van der Waals surface area contributed by atoms with Crippen LogP contribution in [0.1, 0.15) is 19.8 Å². The van der Waals surface area contributed by atoms with Crippen LogP contribution in [0.5, 0.6) is 0 Å². The standard InChI is InChI=1S/C12H13ClN2O4/c1-12(11(16)17,7-2-3-7)14-9-5-4-8(13)6-10(9)15(18)19/h4-7,14H,2-3H2,1H3,(H,16,17). The SMILES string of the molecule is CC(Nc1ccc(Cl)cc1[N+](=O)[O-])(C(=O)O)C1CC1. The van der Waals surface area contributed by atoms with Crippen LogP contribution in [0.2, 0.25) is 5.02 Å². The maximum atomic E-state index is 11.4. The van der Waals surface area contributed by atoms with Crippen LogP contribution in [-0.4, -0.2) is 21.5 Å². The Balaban J connectivity index is 2.37. The summed E-state index contributed by atoms with van der Waals surface area (Å²) >= 11 is 5.72. The number of nitro groups is 1. The lowest BCUT2D eigenvalue weighted by atomic mass is 9.95. The summed E-state index contributed by atoms with van der Waals surface area (Å²) in [7, 11) is 0. The highest BCUT2D eigenvalue weighted by Crippen LogP contribution is 2.43. The molecule has 102 valence electrons. The molecule has 1 saturated carbocycles. The smallest absolute Gasteiger partial charge is 0.329 e. The van der Waals surface area contributed by atoms with Crippen LogP contribution in [-0.2, 0) is 4.79 Å². The van der Waals surface area contributed by atoms with Gasteiger partial charge >= 0.3 is 5.97 Å². The van der Waals surface area contributed by atoms with E-state index in [1.165, 1.54) is 18.2 Å². The van der Waals surface area contributed by atoms with Crippen molar-refractivity contribution in [3.8, 4) is 0 Å². The number of aliphatic carboxylic acids is 1. The zero-order valence-electron chi connectivity index (χ0n) is 10.2. The minimum absolute atomic E-state index is 0.0136. The van der Waals surface area contributed by atoms with Gasteiger partial charge in [-0.15, -0.1) is 0 Å². The largest absolute Gasteiger partial charge is 0.480 e. The third-order valence-electron chi connectivity index (χ3n) is 3.39. The van der Waals surface area contributed by atoms with Crippen LogP contribution in [0.4, 0.5) is 11.4 Å². The Labute approximate surface area is 114 Å². The van der Waals surface area contributed by atoms with Gasteiger partial charge in [0.05, 0.1) is 4.92 Å². The Kier molecular flexibility index (Phi) is 3.36. The first-order valence-corrected chi connectivity index (χ1v) is 6.18. The van der Waals surface area contributed by atoms with Crippen LogP contribution in [0.3, 0.4) is 0 Å². The molecule has 1 aromatic rings. The Morgan fingerprint density at radius 2 is 2.21 bits per heavy atom. The van der Waals surface area contributed by atoms with Crippen LogP contribution in [0.15, 0.2) is 18.2 Å². The highest BCUT2D eigenvalue weighted by molar-refractivity contribution is 6.30. The first kappa shape index (κ1) is 13.6. The van der Waals surface area contributed by atoms with Crippen molar-refractivity contribution < 1.29 is 14.8 Å². The lowest BCUT2D eigenvalue weighted by Crippen LogP contribution is -2.45. The zero-order valence-corrected chi connectivity index (χ0v) is 11.0. The molecule has 1 fully saturated rings. The summed E-state index contributed by atoms with van der Waals surface area (Å²) in [6, 6.07) is 4.13. The van der Waals surface area contributed by atoms with E-state index in [0.717, 1.165) is 12.8 Å². The Morgan fingerprint density at radius 3 is 2.68 bits per heavy atom. The number of nitro benzene ring substituents is 1. The highest BCUT2D eigenvalue weighted by Gasteiger charge is 2.48. The third-order valence-corrected chi connectivity index (χ3v) is 3.62. The van der Waals surface area contributed by atoms with E-state index < -0.39 is 16.4 Å². The molecule has 2 N–H and O–H groups in total. The van der Waals surface area contributed by atoms with Gasteiger partial charge in [0.15, 0.2) is 0 Å². The predicted molar refractivity (Wildman–Crippen MR) is 70.5 cm³/mol. The molecule has 1 aliphatic carbocycles. The number of halogens is 1. The summed E-state index contributed by atoms with van der Waals surface area (Å²) in [4.78, 5) is 21.8. The van der Waals surface area contributed by atoms with Gasteiger partial charge in [-0.25, -0.2) is 4.79 Å². The number of carboxylic acid groups (broad SMARTS) is 1. The van der Waals surface area contributed by atoms with E-state index in [1.807, 2.05) is 0 Å². The highest BCUT2D eigenvalue weighted by atomic mass is 35.5. The van der Waals surface area contributed by atoms with E-state index in [0.29, 0.717) is 0 Å².